The van der Waals surface area contributed by atoms with E-state index in [0.717, 1.165) is 18.6 Å². The molecule has 0 spiro atoms. The van der Waals surface area contributed by atoms with Crippen molar-refractivity contribution in [2.75, 3.05) is 13.2 Å². The molecule has 0 bridgehead atoms. The highest BCUT2D eigenvalue weighted by Gasteiger charge is 2.09. The maximum atomic E-state index is 11.9. The zero-order chi connectivity index (χ0) is 13.4. The van der Waals surface area contributed by atoms with E-state index in [1.165, 1.54) is 0 Å². The molecule has 18 heavy (non-hydrogen) atoms. The number of carbonyl (C=O) groups excluding carboxylic acids is 1. The van der Waals surface area contributed by atoms with Gasteiger partial charge in [0.15, 0.2) is 0 Å². The highest BCUT2D eigenvalue weighted by atomic mass is 16.5. The van der Waals surface area contributed by atoms with Gasteiger partial charge in [-0.2, -0.15) is 0 Å². The van der Waals surface area contributed by atoms with Crippen molar-refractivity contribution < 1.29 is 9.53 Å². The monoisotopic (exact) mass is 250 g/mol. The summed E-state index contributed by atoms with van der Waals surface area (Å²) in [5.41, 5.74) is 6.09. The quantitative estimate of drug-likeness (QED) is 0.777. The number of rotatable bonds is 7. The van der Waals surface area contributed by atoms with E-state index in [9.17, 15) is 4.79 Å². The van der Waals surface area contributed by atoms with Gasteiger partial charge in [0.25, 0.3) is 5.91 Å². The van der Waals surface area contributed by atoms with Gasteiger partial charge in [0.1, 0.15) is 5.75 Å². The Balaban J connectivity index is 2.50. The molecule has 4 nitrogen and oxygen atoms in total. The van der Waals surface area contributed by atoms with Crippen LogP contribution in [0.1, 0.15) is 37.0 Å². The summed E-state index contributed by atoms with van der Waals surface area (Å²) in [7, 11) is 0. The zero-order valence-electron chi connectivity index (χ0n) is 11.1. The molecule has 4 heteroatoms. The summed E-state index contributed by atoms with van der Waals surface area (Å²) >= 11 is 0. The van der Waals surface area contributed by atoms with E-state index in [4.69, 9.17) is 10.5 Å². The Bertz CT molecular complexity index is 363. The van der Waals surface area contributed by atoms with Gasteiger partial charge in [0.2, 0.25) is 0 Å². The first-order chi connectivity index (χ1) is 8.67. The molecule has 1 rings (SSSR count). The molecule has 1 atom stereocenters. The van der Waals surface area contributed by atoms with Crippen LogP contribution >= 0.6 is 0 Å². The third-order valence-electron chi connectivity index (χ3n) is 2.65. The smallest absolute Gasteiger partial charge is 0.251 e. The van der Waals surface area contributed by atoms with Crippen molar-refractivity contribution in [3.05, 3.63) is 29.8 Å². The van der Waals surface area contributed by atoms with Gasteiger partial charge in [-0.1, -0.05) is 0 Å². The molecule has 1 unspecified atom stereocenters. The van der Waals surface area contributed by atoms with E-state index < -0.39 is 0 Å². The van der Waals surface area contributed by atoms with Crippen molar-refractivity contribution in [3.8, 4) is 5.75 Å². The summed E-state index contributed by atoms with van der Waals surface area (Å²) in [6.45, 7) is 5.20. The van der Waals surface area contributed by atoms with Crippen LogP contribution in [0.25, 0.3) is 0 Å². The highest BCUT2D eigenvalue weighted by Crippen LogP contribution is 2.12. The fraction of sp³-hybridized carbons (Fsp3) is 0.500. The minimum Gasteiger partial charge on any atom is -0.494 e. The topological polar surface area (TPSA) is 64.3 Å². The second kappa shape index (κ2) is 7.71. The van der Waals surface area contributed by atoms with Crippen molar-refractivity contribution in [1.29, 1.82) is 0 Å². The lowest BCUT2D eigenvalue weighted by molar-refractivity contribution is 0.0938. The molecular formula is C14H22N2O2. The van der Waals surface area contributed by atoms with Crippen molar-refractivity contribution in [2.45, 2.75) is 32.7 Å². The van der Waals surface area contributed by atoms with Gasteiger partial charge >= 0.3 is 0 Å². The van der Waals surface area contributed by atoms with Gasteiger partial charge in [0.05, 0.1) is 6.61 Å². The van der Waals surface area contributed by atoms with E-state index in [-0.39, 0.29) is 11.9 Å². The number of hydrogen-bond donors (Lipinski definition) is 2. The summed E-state index contributed by atoms with van der Waals surface area (Å²) in [4.78, 5) is 11.9. The zero-order valence-corrected chi connectivity index (χ0v) is 11.1. The lowest BCUT2D eigenvalue weighted by Crippen LogP contribution is -2.32. The van der Waals surface area contributed by atoms with Crippen LogP contribution in [0.5, 0.6) is 5.75 Å². The van der Waals surface area contributed by atoms with Gasteiger partial charge in [-0.05, 0) is 57.5 Å². The summed E-state index contributed by atoms with van der Waals surface area (Å²) in [5, 5.41) is 2.95. The molecule has 1 aromatic carbocycles. The third kappa shape index (κ3) is 4.75. The van der Waals surface area contributed by atoms with E-state index in [1.807, 2.05) is 26.0 Å². The number of hydrogen-bond acceptors (Lipinski definition) is 3. The fourth-order valence-corrected chi connectivity index (χ4v) is 1.67. The molecule has 0 aromatic heterocycles. The van der Waals surface area contributed by atoms with Crippen molar-refractivity contribution in [1.82, 2.24) is 5.32 Å². The SMILES string of the molecule is CCOc1ccc(C(=O)NC(C)CCCN)cc1. The standard InChI is InChI=1S/C14H22N2O2/c1-3-18-13-8-6-12(7-9-13)14(17)16-11(2)5-4-10-15/h6-9,11H,3-5,10,15H2,1-2H3,(H,16,17). The van der Waals surface area contributed by atoms with Crippen molar-refractivity contribution >= 4 is 5.91 Å². The number of ether oxygens (including phenoxy) is 1. The molecule has 0 radical (unpaired) electrons. The van der Waals surface area contributed by atoms with Crippen LogP contribution in [0.3, 0.4) is 0 Å². The average molecular weight is 250 g/mol. The molecule has 0 aliphatic heterocycles. The number of amides is 1. The van der Waals surface area contributed by atoms with Crippen LogP contribution in [-0.2, 0) is 0 Å². The third-order valence-corrected chi connectivity index (χ3v) is 2.65. The Hall–Kier alpha value is -1.55. The summed E-state index contributed by atoms with van der Waals surface area (Å²) in [6, 6.07) is 7.31. The largest absolute Gasteiger partial charge is 0.494 e. The molecule has 0 fully saturated rings. The van der Waals surface area contributed by atoms with E-state index in [2.05, 4.69) is 5.32 Å². The van der Waals surface area contributed by atoms with Crippen LogP contribution in [0, 0.1) is 0 Å². The Morgan fingerprint density at radius 3 is 2.61 bits per heavy atom. The average Bonchev–Trinajstić information content (AvgIpc) is 2.37. The molecule has 0 aliphatic carbocycles. The first kappa shape index (κ1) is 14.5. The van der Waals surface area contributed by atoms with Crippen LogP contribution in [-0.4, -0.2) is 25.1 Å². The van der Waals surface area contributed by atoms with E-state index >= 15 is 0 Å². The second-order valence-electron chi connectivity index (χ2n) is 4.26. The normalized spacial score (nSPS) is 11.9. The molecular weight excluding hydrogens is 228 g/mol. The molecule has 0 aliphatic rings. The molecule has 0 heterocycles. The minimum absolute atomic E-state index is 0.0532. The Morgan fingerprint density at radius 2 is 2.06 bits per heavy atom. The Morgan fingerprint density at radius 1 is 1.39 bits per heavy atom. The second-order valence-corrected chi connectivity index (χ2v) is 4.26. The molecule has 3 N–H and O–H groups in total. The van der Waals surface area contributed by atoms with Crippen molar-refractivity contribution in [3.63, 3.8) is 0 Å². The summed E-state index contributed by atoms with van der Waals surface area (Å²) in [5.74, 6) is 0.729. The number of nitrogens with one attached hydrogen (secondary N) is 1. The number of benzene rings is 1. The lowest BCUT2D eigenvalue weighted by Gasteiger charge is -2.13. The summed E-state index contributed by atoms with van der Waals surface area (Å²) < 4.78 is 5.33. The van der Waals surface area contributed by atoms with Crippen LogP contribution in [0.4, 0.5) is 0 Å². The molecule has 1 aromatic rings. The number of carbonyl (C=O) groups is 1. The van der Waals surface area contributed by atoms with Gasteiger partial charge in [-0.25, -0.2) is 0 Å². The Kier molecular flexibility index (Phi) is 6.22. The van der Waals surface area contributed by atoms with E-state index in [0.29, 0.717) is 18.7 Å². The molecule has 0 saturated heterocycles. The molecule has 1 amide bonds. The van der Waals surface area contributed by atoms with Crippen molar-refractivity contribution in [2.24, 2.45) is 5.73 Å². The lowest BCUT2D eigenvalue weighted by atomic mass is 10.1. The van der Waals surface area contributed by atoms with Gasteiger partial charge in [-0.3, -0.25) is 4.79 Å². The maximum absolute atomic E-state index is 11.9. The first-order valence-corrected chi connectivity index (χ1v) is 6.41. The van der Waals surface area contributed by atoms with Gasteiger partial charge in [-0.15, -0.1) is 0 Å². The van der Waals surface area contributed by atoms with Crippen LogP contribution < -0.4 is 15.8 Å². The van der Waals surface area contributed by atoms with Crippen LogP contribution in [0.15, 0.2) is 24.3 Å². The maximum Gasteiger partial charge on any atom is 0.251 e. The predicted molar refractivity (Wildman–Crippen MR) is 72.8 cm³/mol. The van der Waals surface area contributed by atoms with Gasteiger partial charge in [0, 0.05) is 11.6 Å². The summed E-state index contributed by atoms with van der Waals surface area (Å²) in [6.07, 6.45) is 1.82. The minimum atomic E-state index is -0.0532. The number of nitrogens with two attached hydrogens (primary N) is 1. The molecule has 100 valence electrons. The highest BCUT2D eigenvalue weighted by molar-refractivity contribution is 5.94. The van der Waals surface area contributed by atoms with E-state index in [1.54, 1.807) is 12.1 Å². The van der Waals surface area contributed by atoms with Crippen LogP contribution in [0.2, 0.25) is 0 Å². The fourth-order valence-electron chi connectivity index (χ4n) is 1.67. The predicted octanol–water partition coefficient (Wildman–Crippen LogP) is 1.94. The molecule has 0 saturated carbocycles. The van der Waals surface area contributed by atoms with Gasteiger partial charge < -0.3 is 15.8 Å². The Labute approximate surface area is 109 Å². The first-order valence-electron chi connectivity index (χ1n) is 6.41.